The van der Waals surface area contributed by atoms with Gasteiger partial charge in [-0.15, -0.1) is 0 Å². The zero-order valence-corrected chi connectivity index (χ0v) is 27.0. The van der Waals surface area contributed by atoms with Crippen LogP contribution in [-0.2, 0) is 33.4 Å². The van der Waals surface area contributed by atoms with Gasteiger partial charge in [-0.1, -0.05) is 38.2 Å². The molecule has 248 valence electrons. The fourth-order valence-corrected chi connectivity index (χ4v) is 5.20. The maximum absolute atomic E-state index is 13.7. The number of aliphatic hydroxyl groups is 1. The number of hydrogen-bond donors (Lipinski definition) is 5. The van der Waals surface area contributed by atoms with Crippen molar-refractivity contribution in [2.45, 2.75) is 71.9 Å². The van der Waals surface area contributed by atoms with Gasteiger partial charge in [-0.3, -0.25) is 19.2 Å². The summed E-state index contributed by atoms with van der Waals surface area (Å²) in [4.78, 5) is 63.0. The van der Waals surface area contributed by atoms with Crippen molar-refractivity contribution in [2.24, 2.45) is 17.6 Å². The summed E-state index contributed by atoms with van der Waals surface area (Å²) in [5, 5.41) is 19.4. The lowest BCUT2D eigenvalue weighted by atomic mass is 9.85. The van der Waals surface area contributed by atoms with E-state index in [-0.39, 0.29) is 53.9 Å². The first-order valence-corrected chi connectivity index (χ1v) is 14.8. The van der Waals surface area contributed by atoms with E-state index in [9.17, 15) is 29.1 Å². The van der Waals surface area contributed by atoms with Crippen molar-refractivity contribution in [3.63, 3.8) is 0 Å². The van der Waals surface area contributed by atoms with Gasteiger partial charge in [-0.25, -0.2) is 4.79 Å². The van der Waals surface area contributed by atoms with Crippen LogP contribution in [0.5, 0.6) is 0 Å². The van der Waals surface area contributed by atoms with Gasteiger partial charge in [-0.05, 0) is 38.2 Å². The summed E-state index contributed by atoms with van der Waals surface area (Å²) >= 11 is 0. The summed E-state index contributed by atoms with van der Waals surface area (Å²) in [7, 11) is 2.89. The number of Topliss-reactive ketones (excluding diaryl/α,β-unsaturated/α-hetero) is 1. The molecule has 2 rings (SSSR count). The van der Waals surface area contributed by atoms with Crippen molar-refractivity contribution in [3.05, 3.63) is 58.5 Å². The topological polar surface area (TPSA) is 195 Å². The zero-order valence-electron chi connectivity index (χ0n) is 27.0. The van der Waals surface area contributed by atoms with Gasteiger partial charge in [0, 0.05) is 57.4 Å². The average molecular weight is 631 g/mol. The molecule has 2 bridgehead atoms. The predicted octanol–water partition coefficient (Wildman–Crippen LogP) is 1.49. The summed E-state index contributed by atoms with van der Waals surface area (Å²) in [6.07, 6.45) is 3.47. The molecule has 6 N–H and O–H groups in total. The molecule has 0 saturated carbocycles. The molecule has 1 aliphatic heterocycles. The van der Waals surface area contributed by atoms with Gasteiger partial charge in [0.15, 0.2) is 6.10 Å². The Morgan fingerprint density at radius 1 is 1.11 bits per heavy atom. The number of amides is 3. The smallest absolute Gasteiger partial charge is 0.405 e. The fraction of sp³-hybridized carbons (Fsp3) is 0.531. The number of hydrogen-bond acceptors (Lipinski definition) is 10. The van der Waals surface area contributed by atoms with Crippen LogP contribution in [0.3, 0.4) is 0 Å². The Bertz CT molecular complexity index is 1300. The number of nitrogens with two attached hydrogens (primary N) is 1. The SMILES string of the molecule is CO[C@H]1/C=C\C=C(\C)C(=O)NC2=CC(=O)C(NCCNC(C)=O)=C(C[C@@H](C)C[C@H](OC)[C@H](O)[C@@H](C)/C=C(/C)[C@@H]1OC(N)=O)C2=O. The zero-order chi connectivity index (χ0) is 33.8. The van der Waals surface area contributed by atoms with Crippen LogP contribution in [-0.4, -0.2) is 86.3 Å². The lowest BCUT2D eigenvalue weighted by molar-refractivity contribution is -0.120. The summed E-state index contributed by atoms with van der Waals surface area (Å²) in [5.41, 5.74) is 6.23. The van der Waals surface area contributed by atoms with Crippen LogP contribution >= 0.6 is 0 Å². The van der Waals surface area contributed by atoms with Gasteiger partial charge in [0.2, 0.25) is 17.5 Å². The number of fused-ring (bicyclic) bond motifs is 2. The number of ether oxygens (including phenoxy) is 3. The maximum atomic E-state index is 13.7. The third kappa shape index (κ3) is 10.8. The van der Waals surface area contributed by atoms with Crippen LogP contribution in [0.2, 0.25) is 0 Å². The highest BCUT2D eigenvalue weighted by Gasteiger charge is 2.33. The van der Waals surface area contributed by atoms with Crippen LogP contribution in [0.15, 0.2) is 58.5 Å². The maximum Gasteiger partial charge on any atom is 0.405 e. The quantitative estimate of drug-likeness (QED) is 0.156. The van der Waals surface area contributed by atoms with Gasteiger partial charge >= 0.3 is 6.09 Å². The second kappa shape index (κ2) is 17.4. The molecule has 0 unspecified atom stereocenters. The predicted molar refractivity (Wildman–Crippen MR) is 166 cm³/mol. The van der Waals surface area contributed by atoms with E-state index in [0.717, 1.165) is 6.08 Å². The Balaban J connectivity index is 2.58. The molecule has 1 aliphatic carbocycles. The van der Waals surface area contributed by atoms with E-state index in [4.69, 9.17) is 19.9 Å². The molecule has 0 fully saturated rings. The number of methoxy groups -OCH3 is 2. The molecule has 0 aromatic rings. The third-order valence-electron chi connectivity index (χ3n) is 7.59. The third-order valence-corrected chi connectivity index (χ3v) is 7.59. The van der Waals surface area contributed by atoms with Crippen LogP contribution in [0.4, 0.5) is 4.79 Å². The van der Waals surface area contributed by atoms with Crippen molar-refractivity contribution in [1.82, 2.24) is 16.0 Å². The Morgan fingerprint density at radius 2 is 1.80 bits per heavy atom. The molecule has 0 aromatic carbocycles. The standard InChI is InChI=1S/C32H46N4O9/c1-17-13-22-27(35-12-11-34-21(5)37)24(38)16-23(29(22)40)36-31(41)18(2)9-8-10-25(43-6)30(45-32(33)42)20(4)15-19(3)28(39)26(14-17)44-7/h8-10,15-17,19,25-26,28,30,35,39H,11-14H2,1-7H3,(H2,33,42)(H,34,37)(H,36,41)/b10-8-,18-9-,20-15-/t17-,19+,25+,26+,28-,30+/m1/s1. The summed E-state index contributed by atoms with van der Waals surface area (Å²) < 4.78 is 16.6. The van der Waals surface area contributed by atoms with Gasteiger partial charge in [0.1, 0.15) is 6.10 Å². The Labute approximate surface area is 264 Å². The number of aliphatic hydroxyl groups excluding tert-OH is 1. The molecule has 45 heavy (non-hydrogen) atoms. The highest BCUT2D eigenvalue weighted by molar-refractivity contribution is 6.23. The average Bonchev–Trinajstić information content (AvgIpc) is 2.97. The van der Waals surface area contributed by atoms with Crippen LogP contribution < -0.4 is 21.7 Å². The minimum Gasteiger partial charge on any atom is -0.439 e. The summed E-state index contributed by atoms with van der Waals surface area (Å²) in [5.74, 6) is -2.58. The van der Waals surface area contributed by atoms with Crippen molar-refractivity contribution < 1.29 is 43.3 Å². The number of ketones is 2. The number of rotatable bonds is 7. The molecule has 3 amide bonds. The van der Waals surface area contributed by atoms with E-state index in [1.54, 1.807) is 26.0 Å². The Hall–Kier alpha value is -4.07. The number of carbonyl (C=O) groups excluding carboxylic acids is 5. The highest BCUT2D eigenvalue weighted by atomic mass is 16.6. The fourth-order valence-electron chi connectivity index (χ4n) is 5.20. The van der Waals surface area contributed by atoms with Gasteiger partial charge in [-0.2, -0.15) is 0 Å². The van der Waals surface area contributed by atoms with Gasteiger partial charge in [0.25, 0.3) is 5.91 Å². The van der Waals surface area contributed by atoms with Gasteiger partial charge in [0.05, 0.1) is 23.6 Å². The van der Waals surface area contributed by atoms with E-state index in [2.05, 4.69) is 16.0 Å². The molecule has 0 spiro atoms. The molecule has 13 nitrogen and oxygen atoms in total. The minimum absolute atomic E-state index is 0.0869. The van der Waals surface area contributed by atoms with E-state index in [1.807, 2.05) is 6.92 Å². The molecule has 1 heterocycles. The van der Waals surface area contributed by atoms with E-state index < -0.39 is 53.9 Å². The van der Waals surface area contributed by atoms with Gasteiger partial charge < -0.3 is 41.0 Å². The van der Waals surface area contributed by atoms with Crippen molar-refractivity contribution in [2.75, 3.05) is 27.3 Å². The first-order chi connectivity index (χ1) is 21.2. The van der Waals surface area contributed by atoms with E-state index in [1.165, 1.54) is 40.2 Å². The first-order valence-electron chi connectivity index (χ1n) is 14.8. The molecule has 0 radical (unpaired) electrons. The van der Waals surface area contributed by atoms with Crippen LogP contribution in [0.25, 0.3) is 0 Å². The second-order valence-electron chi connectivity index (χ2n) is 11.3. The number of allylic oxidation sites excluding steroid dienone is 4. The summed E-state index contributed by atoms with van der Waals surface area (Å²) in [6, 6.07) is 0. The van der Waals surface area contributed by atoms with Crippen molar-refractivity contribution >= 4 is 29.5 Å². The Kier molecular flexibility index (Phi) is 14.4. The number of carbonyl (C=O) groups is 5. The molecular formula is C32H46N4O9. The second-order valence-corrected chi connectivity index (χ2v) is 11.3. The first kappa shape index (κ1) is 37.1. The Morgan fingerprint density at radius 3 is 2.40 bits per heavy atom. The van der Waals surface area contributed by atoms with E-state index >= 15 is 0 Å². The van der Waals surface area contributed by atoms with Crippen molar-refractivity contribution in [1.29, 1.82) is 0 Å². The lowest BCUT2D eigenvalue weighted by Gasteiger charge is -2.30. The minimum atomic E-state index is -1.01. The normalized spacial score (nSPS) is 30.2. The molecular weight excluding hydrogens is 584 g/mol. The number of nitrogens with one attached hydrogen (secondary N) is 3. The largest absolute Gasteiger partial charge is 0.439 e. The molecule has 0 aromatic heterocycles. The molecule has 13 heteroatoms. The number of primary amides is 1. The van der Waals surface area contributed by atoms with Crippen molar-refractivity contribution in [3.8, 4) is 0 Å². The molecule has 0 saturated heterocycles. The summed E-state index contributed by atoms with van der Waals surface area (Å²) in [6.45, 7) is 8.70. The molecule has 2 aliphatic rings. The van der Waals surface area contributed by atoms with Crippen LogP contribution in [0.1, 0.15) is 47.5 Å². The van der Waals surface area contributed by atoms with E-state index in [0.29, 0.717) is 12.0 Å². The van der Waals surface area contributed by atoms with Crippen LogP contribution in [0, 0.1) is 11.8 Å². The highest BCUT2D eigenvalue weighted by Crippen LogP contribution is 2.28. The molecule has 6 atom stereocenters. The lowest BCUT2D eigenvalue weighted by Crippen LogP contribution is -2.39. The monoisotopic (exact) mass is 630 g/mol.